The van der Waals surface area contributed by atoms with E-state index in [9.17, 15) is 9.70 Å². The molecule has 0 aromatic carbocycles. The summed E-state index contributed by atoms with van der Waals surface area (Å²) < 4.78 is 3.86. The third-order valence-corrected chi connectivity index (χ3v) is 10.1. The second-order valence-electron chi connectivity index (χ2n) is 12.0. The number of likely N-dealkylation sites (tertiary alicyclic amines) is 1. The Bertz CT molecular complexity index is 1140. The van der Waals surface area contributed by atoms with Gasteiger partial charge in [0.05, 0.1) is 12.0 Å². The zero-order valence-electron chi connectivity index (χ0n) is 25.3. The van der Waals surface area contributed by atoms with Gasteiger partial charge in [-0.3, -0.25) is 9.52 Å². The van der Waals surface area contributed by atoms with E-state index in [1.807, 2.05) is 35.1 Å². The van der Waals surface area contributed by atoms with Gasteiger partial charge >= 0.3 is 0 Å². The first-order valence-corrected chi connectivity index (χ1v) is 16.9. The Morgan fingerprint density at radius 3 is 2.90 bits per heavy atom. The lowest BCUT2D eigenvalue weighted by atomic mass is 9.83. The summed E-state index contributed by atoms with van der Waals surface area (Å²) in [7, 11) is 0. The highest BCUT2D eigenvalue weighted by atomic mass is 32.2. The van der Waals surface area contributed by atoms with Crippen molar-refractivity contribution in [1.82, 2.24) is 9.62 Å². The molecule has 4 rings (SSSR count). The van der Waals surface area contributed by atoms with Crippen LogP contribution in [0.15, 0.2) is 101 Å². The molecular weight excluding hydrogens is 538 g/mol. The molecular formula is C36H49N3O2S. The van der Waals surface area contributed by atoms with Gasteiger partial charge in [-0.05, 0) is 87.3 Å². The molecule has 2 fully saturated rings. The number of piperidine rings is 1. The molecule has 5 unspecified atom stereocenters. The Balaban J connectivity index is 1.27. The predicted molar refractivity (Wildman–Crippen MR) is 179 cm³/mol. The third kappa shape index (κ3) is 9.40. The molecule has 1 saturated heterocycles. The van der Waals surface area contributed by atoms with Crippen LogP contribution in [0.1, 0.15) is 77.6 Å². The molecule has 4 aliphatic rings. The van der Waals surface area contributed by atoms with Gasteiger partial charge in [0.2, 0.25) is 5.91 Å². The molecule has 226 valence electrons. The smallest absolute Gasteiger partial charge is 0.233 e. The lowest BCUT2D eigenvalue weighted by molar-refractivity contribution is -0.136. The van der Waals surface area contributed by atoms with Crippen LogP contribution in [0, 0.1) is 16.7 Å². The number of amides is 1. The number of nitroso groups, excluding NO2 is 1. The van der Waals surface area contributed by atoms with Crippen LogP contribution >= 0.6 is 11.9 Å². The maximum absolute atomic E-state index is 13.4. The van der Waals surface area contributed by atoms with E-state index >= 15 is 0 Å². The summed E-state index contributed by atoms with van der Waals surface area (Å²) in [5.41, 5.74) is 4.21. The molecule has 1 saturated carbocycles. The van der Waals surface area contributed by atoms with Gasteiger partial charge < -0.3 is 4.90 Å². The van der Waals surface area contributed by atoms with Crippen molar-refractivity contribution >= 4 is 17.9 Å². The van der Waals surface area contributed by atoms with E-state index in [0.717, 1.165) is 44.9 Å². The van der Waals surface area contributed by atoms with Crippen LogP contribution in [0.25, 0.3) is 0 Å². The first kappa shape index (κ1) is 32.2. The van der Waals surface area contributed by atoms with Gasteiger partial charge in [-0.1, -0.05) is 109 Å². The SMILES string of the molecule is C=C/C=C/C(/C=C\CCC1CCCC(NSC(C)C2=C3C=CCC=CC3=CC=CC2)C1)C(=O)N1CCCCC1CN=O. The zero-order chi connectivity index (χ0) is 29.6. The second-order valence-corrected chi connectivity index (χ2v) is 13.2. The van der Waals surface area contributed by atoms with Crippen LogP contribution in [-0.2, 0) is 4.79 Å². The second kappa shape index (κ2) is 17.4. The van der Waals surface area contributed by atoms with Crippen molar-refractivity contribution in [2.45, 2.75) is 94.9 Å². The van der Waals surface area contributed by atoms with E-state index in [1.54, 1.807) is 6.08 Å². The van der Waals surface area contributed by atoms with Crippen molar-refractivity contribution in [3.8, 4) is 0 Å². The minimum Gasteiger partial charge on any atom is -0.337 e. The number of nitrogens with one attached hydrogen (secondary N) is 1. The molecule has 0 bridgehead atoms. The van der Waals surface area contributed by atoms with Crippen LogP contribution < -0.4 is 4.72 Å². The molecule has 0 aromatic heterocycles. The number of fused-ring (bicyclic) bond motifs is 1. The summed E-state index contributed by atoms with van der Waals surface area (Å²) in [5.74, 6) is 0.452. The quantitative estimate of drug-likeness (QED) is 0.101. The van der Waals surface area contributed by atoms with Crippen molar-refractivity contribution < 1.29 is 4.79 Å². The summed E-state index contributed by atoms with van der Waals surface area (Å²) >= 11 is 1.90. The normalized spacial score (nSPS) is 26.1. The summed E-state index contributed by atoms with van der Waals surface area (Å²) in [4.78, 5) is 26.2. The molecule has 42 heavy (non-hydrogen) atoms. The van der Waals surface area contributed by atoms with Crippen LogP contribution in [-0.4, -0.2) is 41.2 Å². The fourth-order valence-corrected chi connectivity index (χ4v) is 7.61. The fourth-order valence-electron chi connectivity index (χ4n) is 6.63. The largest absolute Gasteiger partial charge is 0.337 e. The Kier molecular flexibility index (Phi) is 13.4. The van der Waals surface area contributed by atoms with Crippen molar-refractivity contribution in [2.75, 3.05) is 13.1 Å². The van der Waals surface area contributed by atoms with Gasteiger partial charge in [0.25, 0.3) is 0 Å². The average Bonchev–Trinajstić information content (AvgIpc) is 3.36. The maximum atomic E-state index is 13.4. The number of carbonyl (C=O) groups is 1. The topological polar surface area (TPSA) is 61.8 Å². The number of hydrogen-bond acceptors (Lipinski definition) is 5. The molecule has 0 aromatic rings. The van der Waals surface area contributed by atoms with Crippen molar-refractivity contribution in [3.05, 3.63) is 101 Å². The van der Waals surface area contributed by atoms with Gasteiger partial charge in [-0.15, -0.1) is 0 Å². The van der Waals surface area contributed by atoms with Gasteiger partial charge in [-0.25, -0.2) is 0 Å². The Hall–Kier alpha value is -2.70. The molecule has 3 aliphatic carbocycles. The van der Waals surface area contributed by atoms with Gasteiger partial charge in [0.1, 0.15) is 6.54 Å². The van der Waals surface area contributed by atoms with Gasteiger partial charge in [-0.2, -0.15) is 4.91 Å². The van der Waals surface area contributed by atoms with E-state index in [1.165, 1.54) is 42.4 Å². The number of hydrogen-bond donors (Lipinski definition) is 1. The van der Waals surface area contributed by atoms with Crippen LogP contribution in [0.4, 0.5) is 0 Å². The van der Waals surface area contributed by atoms with Gasteiger partial charge in [0, 0.05) is 17.8 Å². The molecule has 0 radical (unpaired) electrons. The van der Waals surface area contributed by atoms with E-state index in [2.05, 4.69) is 72.0 Å². The summed E-state index contributed by atoms with van der Waals surface area (Å²) in [5, 5.41) is 3.51. The standard InChI is InChI=1S/C36H49N3O2S/c1-3-4-17-31(36(40)39-25-13-12-22-33(39)27-37-41)20-9-8-15-29-16-14-21-32(26-29)38-42-28(2)34-23-11-10-19-30-18-6-5-7-24-35(30)34/h3-4,6-7,9-11,17-20,24,28-29,31-33,38H,1,5,8,12-16,21-23,25-27H2,2H3/b17-4+,20-9-. The monoisotopic (exact) mass is 587 g/mol. The number of carbonyl (C=O) groups excluding carboxylic acids is 1. The highest BCUT2D eigenvalue weighted by Gasteiger charge is 2.30. The minimum atomic E-state index is -0.322. The molecule has 6 heteroatoms. The minimum absolute atomic E-state index is 0.0703. The predicted octanol–water partition coefficient (Wildman–Crippen LogP) is 8.71. The third-order valence-electron chi connectivity index (χ3n) is 8.97. The Morgan fingerprint density at radius 2 is 2.05 bits per heavy atom. The lowest BCUT2D eigenvalue weighted by Gasteiger charge is -2.35. The van der Waals surface area contributed by atoms with Crippen molar-refractivity contribution in [1.29, 1.82) is 0 Å². The summed E-state index contributed by atoms with van der Waals surface area (Å²) in [6, 6.07) is 0.470. The molecule has 5 atom stereocenters. The maximum Gasteiger partial charge on any atom is 0.233 e. The number of allylic oxidation sites excluding steroid dienone is 12. The number of nitrogens with zero attached hydrogens (tertiary/aromatic N) is 2. The summed E-state index contributed by atoms with van der Waals surface area (Å²) in [6.07, 6.45) is 37.5. The van der Waals surface area contributed by atoms with Crippen LogP contribution in [0.5, 0.6) is 0 Å². The first-order valence-electron chi connectivity index (χ1n) is 16.0. The Labute approximate surface area is 257 Å². The average molecular weight is 588 g/mol. The highest BCUT2D eigenvalue weighted by Crippen LogP contribution is 2.34. The number of rotatable bonds is 13. The molecule has 0 spiro atoms. The van der Waals surface area contributed by atoms with E-state index in [-0.39, 0.29) is 24.4 Å². The zero-order valence-corrected chi connectivity index (χ0v) is 26.2. The lowest BCUT2D eigenvalue weighted by Crippen LogP contribution is -2.47. The van der Waals surface area contributed by atoms with E-state index in [4.69, 9.17) is 0 Å². The molecule has 1 heterocycles. The molecule has 5 nitrogen and oxygen atoms in total. The van der Waals surface area contributed by atoms with Gasteiger partial charge in [0.15, 0.2) is 0 Å². The molecule has 1 aliphatic heterocycles. The molecule has 1 amide bonds. The Morgan fingerprint density at radius 1 is 1.17 bits per heavy atom. The molecule has 1 N–H and O–H groups in total. The summed E-state index contributed by atoms with van der Waals surface area (Å²) in [6.45, 7) is 7.01. The van der Waals surface area contributed by atoms with E-state index in [0.29, 0.717) is 23.8 Å². The van der Waals surface area contributed by atoms with Crippen LogP contribution in [0.2, 0.25) is 0 Å². The van der Waals surface area contributed by atoms with Crippen molar-refractivity contribution in [3.63, 3.8) is 0 Å². The van der Waals surface area contributed by atoms with Crippen molar-refractivity contribution in [2.24, 2.45) is 17.0 Å². The fraction of sp³-hybridized carbons (Fsp3) is 0.528. The van der Waals surface area contributed by atoms with E-state index < -0.39 is 0 Å². The highest BCUT2D eigenvalue weighted by molar-refractivity contribution is 7.98. The van der Waals surface area contributed by atoms with Crippen LogP contribution in [0.3, 0.4) is 0 Å². The first-order chi connectivity index (χ1) is 20.6.